The largest absolute Gasteiger partial charge is 0.491 e. The normalized spacial score (nSPS) is 12.4. The van der Waals surface area contributed by atoms with E-state index in [2.05, 4.69) is 10.1 Å². The van der Waals surface area contributed by atoms with Gasteiger partial charge in [0.1, 0.15) is 30.1 Å². The van der Waals surface area contributed by atoms with Crippen LogP contribution in [0.3, 0.4) is 0 Å². The second kappa shape index (κ2) is 5.84. The molecule has 1 aromatic heterocycles. The topological polar surface area (TPSA) is 60.2 Å². The summed E-state index contributed by atoms with van der Waals surface area (Å²) in [5.74, 6) is 2.28. The van der Waals surface area contributed by atoms with Gasteiger partial charge in [0, 0.05) is 0 Å². The Morgan fingerprint density at radius 2 is 2.11 bits per heavy atom. The fraction of sp³-hybridized carbons (Fsp3) is 0.429. The van der Waals surface area contributed by atoms with E-state index < -0.39 is 6.10 Å². The van der Waals surface area contributed by atoms with Gasteiger partial charge >= 0.3 is 0 Å². The Balaban J connectivity index is 1.88. The zero-order valence-electron chi connectivity index (χ0n) is 11.5. The summed E-state index contributed by atoms with van der Waals surface area (Å²) in [7, 11) is 0. The van der Waals surface area contributed by atoms with Crippen LogP contribution in [0.5, 0.6) is 5.75 Å². The standard InChI is InChI=1S/C14H19N3O2/c1-10-5-4-6-14(7-10)19-9-13(18)8-17-12(3)15-11(2)16-17/h4-7,13,18H,8-9H2,1-3H3. The summed E-state index contributed by atoms with van der Waals surface area (Å²) < 4.78 is 7.25. The van der Waals surface area contributed by atoms with Crippen LogP contribution in [0.2, 0.25) is 0 Å². The van der Waals surface area contributed by atoms with Crippen LogP contribution < -0.4 is 4.74 Å². The molecule has 0 spiro atoms. The Kier molecular flexibility index (Phi) is 4.16. The molecule has 0 bridgehead atoms. The minimum Gasteiger partial charge on any atom is -0.491 e. The molecule has 0 saturated carbocycles. The summed E-state index contributed by atoms with van der Waals surface area (Å²) in [6, 6.07) is 7.76. The van der Waals surface area contributed by atoms with Crippen LogP contribution in [0.25, 0.3) is 0 Å². The van der Waals surface area contributed by atoms with Crippen LogP contribution >= 0.6 is 0 Å². The molecule has 0 aliphatic rings. The molecule has 2 rings (SSSR count). The van der Waals surface area contributed by atoms with E-state index in [0.29, 0.717) is 12.4 Å². The number of aliphatic hydroxyl groups excluding tert-OH is 1. The number of benzene rings is 1. The number of rotatable bonds is 5. The van der Waals surface area contributed by atoms with Gasteiger partial charge in [-0.3, -0.25) is 0 Å². The molecule has 1 atom stereocenters. The number of ether oxygens (including phenoxy) is 1. The average molecular weight is 261 g/mol. The van der Waals surface area contributed by atoms with Gasteiger partial charge in [-0.05, 0) is 38.5 Å². The lowest BCUT2D eigenvalue weighted by Gasteiger charge is -2.13. The van der Waals surface area contributed by atoms with Crippen LogP contribution in [0, 0.1) is 20.8 Å². The van der Waals surface area contributed by atoms with E-state index in [1.54, 1.807) is 4.68 Å². The Morgan fingerprint density at radius 3 is 2.74 bits per heavy atom. The lowest BCUT2D eigenvalue weighted by molar-refractivity contribution is 0.0885. The second-order valence-corrected chi connectivity index (χ2v) is 4.67. The predicted molar refractivity (Wildman–Crippen MR) is 72.2 cm³/mol. The van der Waals surface area contributed by atoms with Crippen LogP contribution in [0.1, 0.15) is 17.2 Å². The highest BCUT2D eigenvalue weighted by Crippen LogP contribution is 2.12. The summed E-state index contributed by atoms with van der Waals surface area (Å²) in [6.07, 6.45) is -0.611. The van der Waals surface area contributed by atoms with E-state index in [0.717, 1.165) is 17.1 Å². The average Bonchev–Trinajstić information content (AvgIpc) is 2.65. The molecule has 1 N–H and O–H groups in total. The summed E-state index contributed by atoms with van der Waals surface area (Å²) >= 11 is 0. The van der Waals surface area contributed by atoms with Crippen molar-refractivity contribution in [3.05, 3.63) is 41.5 Å². The Hall–Kier alpha value is -1.88. The molecule has 0 aliphatic carbocycles. The first kappa shape index (κ1) is 13.5. The molecule has 0 radical (unpaired) electrons. The SMILES string of the molecule is Cc1cccc(OCC(O)Cn2nc(C)nc2C)c1. The number of hydrogen-bond donors (Lipinski definition) is 1. The second-order valence-electron chi connectivity index (χ2n) is 4.67. The molecule has 0 amide bonds. The molecule has 1 unspecified atom stereocenters. The van der Waals surface area contributed by atoms with Crippen LogP contribution in [0.15, 0.2) is 24.3 Å². The van der Waals surface area contributed by atoms with Crippen molar-refractivity contribution in [3.8, 4) is 5.75 Å². The van der Waals surface area contributed by atoms with Crippen molar-refractivity contribution < 1.29 is 9.84 Å². The third-order valence-electron chi connectivity index (χ3n) is 2.78. The summed E-state index contributed by atoms with van der Waals surface area (Å²) in [5, 5.41) is 14.2. The molecule has 0 saturated heterocycles. The van der Waals surface area contributed by atoms with Gasteiger partial charge in [0.15, 0.2) is 0 Å². The van der Waals surface area contributed by atoms with E-state index in [9.17, 15) is 5.11 Å². The Bertz CT molecular complexity index is 551. The molecule has 2 aromatic rings. The number of nitrogens with zero attached hydrogens (tertiary/aromatic N) is 3. The minimum atomic E-state index is -0.611. The maximum atomic E-state index is 9.95. The van der Waals surface area contributed by atoms with E-state index in [1.165, 1.54) is 0 Å². The van der Waals surface area contributed by atoms with Crippen molar-refractivity contribution >= 4 is 0 Å². The summed E-state index contributed by atoms with van der Waals surface area (Å²) in [6.45, 7) is 6.33. The monoisotopic (exact) mass is 261 g/mol. The molecule has 0 fully saturated rings. The first-order valence-corrected chi connectivity index (χ1v) is 6.30. The minimum absolute atomic E-state index is 0.238. The summed E-state index contributed by atoms with van der Waals surface area (Å²) in [4.78, 5) is 4.19. The number of aromatic nitrogens is 3. The highest BCUT2D eigenvalue weighted by Gasteiger charge is 2.10. The number of aryl methyl sites for hydroxylation is 3. The van der Waals surface area contributed by atoms with Crippen molar-refractivity contribution in [1.29, 1.82) is 0 Å². The van der Waals surface area contributed by atoms with Gasteiger partial charge in [-0.1, -0.05) is 12.1 Å². The van der Waals surface area contributed by atoms with Crippen LogP contribution in [-0.2, 0) is 6.54 Å². The number of aliphatic hydroxyl groups is 1. The zero-order valence-corrected chi connectivity index (χ0v) is 11.5. The van der Waals surface area contributed by atoms with E-state index in [-0.39, 0.29) is 6.61 Å². The van der Waals surface area contributed by atoms with Crippen molar-refractivity contribution in [2.75, 3.05) is 6.61 Å². The van der Waals surface area contributed by atoms with Crippen LogP contribution in [0.4, 0.5) is 0 Å². The fourth-order valence-electron chi connectivity index (χ4n) is 1.88. The highest BCUT2D eigenvalue weighted by molar-refractivity contribution is 5.27. The molecular formula is C14H19N3O2. The predicted octanol–water partition coefficient (Wildman–Crippen LogP) is 1.64. The molecule has 102 valence electrons. The number of hydrogen-bond acceptors (Lipinski definition) is 4. The smallest absolute Gasteiger partial charge is 0.147 e. The van der Waals surface area contributed by atoms with Gasteiger partial charge in [-0.25, -0.2) is 9.67 Å². The summed E-state index contributed by atoms with van der Waals surface area (Å²) in [5.41, 5.74) is 1.13. The molecular weight excluding hydrogens is 242 g/mol. The van der Waals surface area contributed by atoms with E-state index in [1.807, 2.05) is 45.0 Å². The van der Waals surface area contributed by atoms with Crippen molar-refractivity contribution in [2.45, 2.75) is 33.4 Å². The molecule has 1 aromatic carbocycles. The van der Waals surface area contributed by atoms with Crippen molar-refractivity contribution in [3.63, 3.8) is 0 Å². The molecule has 5 nitrogen and oxygen atoms in total. The van der Waals surface area contributed by atoms with E-state index >= 15 is 0 Å². The van der Waals surface area contributed by atoms with Crippen molar-refractivity contribution in [1.82, 2.24) is 14.8 Å². The van der Waals surface area contributed by atoms with Gasteiger partial charge < -0.3 is 9.84 Å². The maximum absolute atomic E-state index is 9.95. The Morgan fingerprint density at radius 1 is 1.32 bits per heavy atom. The van der Waals surface area contributed by atoms with Gasteiger partial charge in [0.05, 0.1) is 6.54 Å². The maximum Gasteiger partial charge on any atom is 0.147 e. The quantitative estimate of drug-likeness (QED) is 0.889. The lowest BCUT2D eigenvalue weighted by Crippen LogP contribution is -2.24. The van der Waals surface area contributed by atoms with Gasteiger partial charge in [0.25, 0.3) is 0 Å². The molecule has 19 heavy (non-hydrogen) atoms. The lowest BCUT2D eigenvalue weighted by atomic mass is 10.2. The highest BCUT2D eigenvalue weighted by atomic mass is 16.5. The Labute approximate surface area is 112 Å². The van der Waals surface area contributed by atoms with Crippen molar-refractivity contribution in [2.24, 2.45) is 0 Å². The fourth-order valence-corrected chi connectivity index (χ4v) is 1.88. The molecule has 0 aliphatic heterocycles. The third kappa shape index (κ3) is 3.79. The van der Waals surface area contributed by atoms with E-state index in [4.69, 9.17) is 4.74 Å². The van der Waals surface area contributed by atoms with Gasteiger partial charge in [-0.15, -0.1) is 0 Å². The first-order chi connectivity index (χ1) is 9.04. The van der Waals surface area contributed by atoms with Gasteiger partial charge in [-0.2, -0.15) is 5.10 Å². The first-order valence-electron chi connectivity index (χ1n) is 6.30. The zero-order chi connectivity index (χ0) is 13.8. The van der Waals surface area contributed by atoms with Gasteiger partial charge in [0.2, 0.25) is 0 Å². The molecule has 5 heteroatoms. The molecule has 1 heterocycles. The third-order valence-corrected chi connectivity index (χ3v) is 2.78. The van der Waals surface area contributed by atoms with Crippen LogP contribution in [-0.4, -0.2) is 32.6 Å².